The number of hydrogen-bond acceptors (Lipinski definition) is 1. The molecule has 0 aromatic heterocycles. The predicted octanol–water partition coefficient (Wildman–Crippen LogP) is 2.17. The molecule has 0 heterocycles. The number of hydrogen-bond donors (Lipinski definition) is 0. The highest BCUT2D eigenvalue weighted by Crippen LogP contribution is 1.84. The Morgan fingerprint density at radius 2 is 2.25 bits per heavy atom. The molecule has 0 bridgehead atoms. The molecule has 0 saturated carbocycles. The van der Waals surface area contributed by atoms with E-state index in [1.54, 1.807) is 6.21 Å². The number of aliphatic imine (C=N–C) groups is 1. The molecular weight excluding hydrogens is 98.1 g/mol. The first-order chi connectivity index (χ1) is 3.81. The summed E-state index contributed by atoms with van der Waals surface area (Å²) in [6.07, 6.45) is 5.28. The van der Waals surface area contributed by atoms with Gasteiger partial charge in [-0.3, -0.25) is 4.99 Å². The molecular formula is C7H11N. The average molecular weight is 109 g/mol. The zero-order chi connectivity index (χ0) is 6.41. The second-order valence-corrected chi connectivity index (χ2v) is 1.49. The van der Waals surface area contributed by atoms with Crippen molar-refractivity contribution in [1.29, 1.82) is 0 Å². The summed E-state index contributed by atoms with van der Waals surface area (Å²) in [5, 5.41) is 0. The molecule has 0 N–H and O–H groups in total. The van der Waals surface area contributed by atoms with Crippen LogP contribution in [0.1, 0.15) is 13.8 Å². The summed E-state index contributed by atoms with van der Waals surface area (Å²) in [5.74, 6) is 0. The fraction of sp³-hybridized carbons (Fsp3) is 0.286. The lowest BCUT2D eigenvalue weighted by molar-refractivity contribution is 1.51. The van der Waals surface area contributed by atoms with E-state index in [-0.39, 0.29) is 0 Å². The molecule has 0 aliphatic heterocycles. The summed E-state index contributed by atoms with van der Waals surface area (Å²) in [4.78, 5) is 3.81. The number of allylic oxidation sites excluding steroid dienone is 2. The largest absolute Gasteiger partial charge is 0.265 e. The molecule has 0 fully saturated rings. The van der Waals surface area contributed by atoms with Crippen molar-refractivity contribution in [3.8, 4) is 0 Å². The third-order valence-corrected chi connectivity index (χ3v) is 0.839. The SMILES string of the molecule is C=CN=C/C(C)=C/C. The Labute approximate surface area is 50.4 Å². The molecule has 1 heteroatoms. The predicted molar refractivity (Wildman–Crippen MR) is 38.1 cm³/mol. The minimum absolute atomic E-state index is 1.16. The van der Waals surface area contributed by atoms with Gasteiger partial charge in [0.1, 0.15) is 0 Å². The van der Waals surface area contributed by atoms with Gasteiger partial charge in [-0.1, -0.05) is 12.7 Å². The monoisotopic (exact) mass is 109 g/mol. The maximum Gasteiger partial charge on any atom is 0.0293 e. The van der Waals surface area contributed by atoms with Gasteiger partial charge in [-0.15, -0.1) is 0 Å². The van der Waals surface area contributed by atoms with Crippen LogP contribution in [0.15, 0.2) is 29.4 Å². The second kappa shape index (κ2) is 4.31. The number of nitrogens with zero attached hydrogens (tertiary/aromatic N) is 1. The Hall–Kier alpha value is -0.850. The summed E-state index contributed by atoms with van der Waals surface area (Å²) in [5.41, 5.74) is 1.16. The van der Waals surface area contributed by atoms with Crippen LogP contribution < -0.4 is 0 Å². The molecule has 0 unspecified atom stereocenters. The zero-order valence-electron chi connectivity index (χ0n) is 5.39. The molecule has 0 rings (SSSR count). The van der Waals surface area contributed by atoms with Crippen molar-refractivity contribution in [2.24, 2.45) is 4.99 Å². The van der Waals surface area contributed by atoms with Gasteiger partial charge in [0.2, 0.25) is 0 Å². The second-order valence-electron chi connectivity index (χ2n) is 1.49. The maximum atomic E-state index is 3.81. The van der Waals surface area contributed by atoms with E-state index in [1.807, 2.05) is 19.9 Å². The van der Waals surface area contributed by atoms with Crippen LogP contribution in [0.3, 0.4) is 0 Å². The highest BCUT2D eigenvalue weighted by molar-refractivity contribution is 5.77. The van der Waals surface area contributed by atoms with E-state index in [4.69, 9.17) is 0 Å². The van der Waals surface area contributed by atoms with Gasteiger partial charge in [-0.2, -0.15) is 0 Å². The summed E-state index contributed by atoms with van der Waals surface area (Å²) < 4.78 is 0. The number of rotatable bonds is 2. The Morgan fingerprint density at radius 1 is 1.62 bits per heavy atom. The van der Waals surface area contributed by atoms with Gasteiger partial charge in [0.15, 0.2) is 0 Å². The Balaban J connectivity index is 3.69. The van der Waals surface area contributed by atoms with Gasteiger partial charge >= 0.3 is 0 Å². The molecule has 8 heavy (non-hydrogen) atoms. The molecule has 0 saturated heterocycles. The highest BCUT2D eigenvalue weighted by atomic mass is 14.6. The van der Waals surface area contributed by atoms with Crippen molar-refractivity contribution in [2.45, 2.75) is 13.8 Å². The first kappa shape index (κ1) is 7.15. The Kier molecular flexibility index (Phi) is 3.85. The van der Waals surface area contributed by atoms with Crippen LogP contribution in [-0.4, -0.2) is 6.21 Å². The molecule has 0 spiro atoms. The zero-order valence-corrected chi connectivity index (χ0v) is 5.39. The summed E-state index contributed by atoms with van der Waals surface area (Å²) in [7, 11) is 0. The van der Waals surface area contributed by atoms with Crippen molar-refractivity contribution < 1.29 is 0 Å². The molecule has 44 valence electrons. The van der Waals surface area contributed by atoms with E-state index < -0.39 is 0 Å². The van der Waals surface area contributed by atoms with Gasteiger partial charge in [0, 0.05) is 12.4 Å². The quantitative estimate of drug-likeness (QED) is 0.482. The average Bonchev–Trinajstić information content (AvgIpc) is 1.83. The minimum Gasteiger partial charge on any atom is -0.265 e. The third-order valence-electron chi connectivity index (χ3n) is 0.839. The lowest BCUT2D eigenvalue weighted by Crippen LogP contribution is -1.71. The molecule has 0 radical (unpaired) electrons. The molecule has 0 aliphatic carbocycles. The fourth-order valence-corrected chi connectivity index (χ4v) is 0.245. The molecule has 1 nitrogen and oxygen atoms in total. The van der Waals surface area contributed by atoms with E-state index in [0.29, 0.717) is 0 Å². The van der Waals surface area contributed by atoms with Crippen molar-refractivity contribution in [2.75, 3.05) is 0 Å². The van der Waals surface area contributed by atoms with Crippen molar-refractivity contribution >= 4 is 6.21 Å². The van der Waals surface area contributed by atoms with E-state index >= 15 is 0 Å². The van der Waals surface area contributed by atoms with Crippen molar-refractivity contribution in [3.05, 3.63) is 24.4 Å². The van der Waals surface area contributed by atoms with Gasteiger partial charge in [0.25, 0.3) is 0 Å². The lowest BCUT2D eigenvalue weighted by Gasteiger charge is -1.81. The smallest absolute Gasteiger partial charge is 0.0293 e. The molecule has 0 aliphatic rings. The van der Waals surface area contributed by atoms with Crippen LogP contribution in [-0.2, 0) is 0 Å². The standard InChI is InChI=1S/C7H11N/c1-4-7(3)6-8-5-2/h4-6H,2H2,1,3H3/b7-4+,8-6?. The summed E-state index contributed by atoms with van der Waals surface area (Å²) in [6, 6.07) is 0. The summed E-state index contributed by atoms with van der Waals surface area (Å²) >= 11 is 0. The van der Waals surface area contributed by atoms with E-state index in [1.165, 1.54) is 6.20 Å². The van der Waals surface area contributed by atoms with Crippen molar-refractivity contribution in [1.82, 2.24) is 0 Å². The van der Waals surface area contributed by atoms with Crippen LogP contribution >= 0.6 is 0 Å². The third kappa shape index (κ3) is 3.34. The van der Waals surface area contributed by atoms with Gasteiger partial charge < -0.3 is 0 Å². The summed E-state index contributed by atoms with van der Waals surface area (Å²) in [6.45, 7) is 7.41. The maximum absolute atomic E-state index is 3.81. The van der Waals surface area contributed by atoms with E-state index in [2.05, 4.69) is 11.6 Å². The first-order valence-electron chi connectivity index (χ1n) is 2.58. The highest BCUT2D eigenvalue weighted by Gasteiger charge is 1.72. The van der Waals surface area contributed by atoms with Crippen LogP contribution in [0, 0.1) is 0 Å². The van der Waals surface area contributed by atoms with Crippen LogP contribution in [0.5, 0.6) is 0 Å². The molecule has 0 aromatic rings. The first-order valence-corrected chi connectivity index (χ1v) is 2.58. The van der Waals surface area contributed by atoms with Crippen LogP contribution in [0.4, 0.5) is 0 Å². The van der Waals surface area contributed by atoms with Gasteiger partial charge in [0.05, 0.1) is 0 Å². The lowest BCUT2D eigenvalue weighted by atomic mass is 10.3. The van der Waals surface area contributed by atoms with Gasteiger partial charge in [-0.05, 0) is 19.4 Å². The molecule has 0 aromatic carbocycles. The van der Waals surface area contributed by atoms with Gasteiger partial charge in [-0.25, -0.2) is 0 Å². The fourth-order valence-electron chi connectivity index (χ4n) is 0.245. The van der Waals surface area contributed by atoms with Crippen molar-refractivity contribution in [3.63, 3.8) is 0 Å². The Bertz CT molecular complexity index is 120. The molecule has 0 atom stereocenters. The normalized spacial score (nSPS) is 12.5. The topological polar surface area (TPSA) is 12.4 Å². The Morgan fingerprint density at radius 3 is 2.62 bits per heavy atom. The van der Waals surface area contributed by atoms with E-state index in [0.717, 1.165) is 5.57 Å². The van der Waals surface area contributed by atoms with Crippen LogP contribution in [0.2, 0.25) is 0 Å². The van der Waals surface area contributed by atoms with E-state index in [9.17, 15) is 0 Å². The molecule has 0 amide bonds. The van der Waals surface area contributed by atoms with Crippen LogP contribution in [0.25, 0.3) is 0 Å². The minimum atomic E-state index is 1.16.